The van der Waals surface area contributed by atoms with E-state index in [4.69, 9.17) is 9.73 Å². The van der Waals surface area contributed by atoms with Gasteiger partial charge >= 0.3 is 0 Å². The van der Waals surface area contributed by atoms with Gasteiger partial charge in [0.2, 0.25) is 0 Å². The van der Waals surface area contributed by atoms with Crippen molar-refractivity contribution in [2.24, 2.45) is 10.9 Å². The molecular weight excluding hydrogens is 304 g/mol. The van der Waals surface area contributed by atoms with Crippen molar-refractivity contribution < 1.29 is 9.84 Å². The summed E-state index contributed by atoms with van der Waals surface area (Å²) in [4.78, 5) is 7.16. The van der Waals surface area contributed by atoms with E-state index in [1.165, 1.54) is 0 Å². The van der Waals surface area contributed by atoms with Crippen LogP contribution in [-0.2, 0) is 4.74 Å². The van der Waals surface area contributed by atoms with Crippen molar-refractivity contribution in [3.8, 4) is 0 Å². The number of guanidine groups is 1. The number of aliphatic imine (C=N–C) groups is 1. The Hall–Kier alpha value is -0.850. The van der Waals surface area contributed by atoms with Crippen molar-refractivity contribution in [3.63, 3.8) is 0 Å². The second-order valence-corrected chi connectivity index (χ2v) is 6.97. The topological polar surface area (TPSA) is 69.1 Å². The van der Waals surface area contributed by atoms with E-state index in [2.05, 4.69) is 43.5 Å². The van der Waals surface area contributed by atoms with Gasteiger partial charge in [-0.15, -0.1) is 0 Å². The van der Waals surface area contributed by atoms with Crippen LogP contribution >= 0.6 is 0 Å². The molecular formula is C18H38N4O2. The lowest BCUT2D eigenvalue weighted by atomic mass is 9.89. The summed E-state index contributed by atoms with van der Waals surface area (Å²) in [5.41, 5.74) is 0.0918. The lowest BCUT2D eigenvalue weighted by Gasteiger charge is -2.41. The van der Waals surface area contributed by atoms with Crippen LogP contribution in [0.4, 0.5) is 0 Å². The van der Waals surface area contributed by atoms with E-state index >= 15 is 0 Å². The minimum absolute atomic E-state index is 0.0918. The van der Waals surface area contributed by atoms with E-state index in [0.29, 0.717) is 5.92 Å². The molecule has 0 aliphatic carbocycles. The monoisotopic (exact) mass is 342 g/mol. The summed E-state index contributed by atoms with van der Waals surface area (Å²) in [5, 5.41) is 16.0. The molecule has 1 aliphatic heterocycles. The van der Waals surface area contributed by atoms with E-state index < -0.39 is 0 Å². The van der Waals surface area contributed by atoms with E-state index in [0.717, 1.165) is 70.9 Å². The number of likely N-dealkylation sites (N-methyl/N-ethyl adjacent to an activating group) is 1. The normalized spacial score (nSPS) is 19.3. The molecule has 1 saturated heterocycles. The molecule has 6 heteroatoms. The Morgan fingerprint density at radius 3 is 2.46 bits per heavy atom. The molecule has 1 fully saturated rings. The zero-order valence-electron chi connectivity index (χ0n) is 16.1. The van der Waals surface area contributed by atoms with Crippen molar-refractivity contribution in [2.75, 3.05) is 53.6 Å². The van der Waals surface area contributed by atoms with E-state index in [9.17, 15) is 5.11 Å². The largest absolute Gasteiger partial charge is 0.396 e. The standard InChI is InChI=1S/C18H38N4O2/c1-5-7-16(8-11-23)14-20-17(19-6-2)21-15-18(22(3)4)9-12-24-13-10-18/h16,23H,5-15H2,1-4H3,(H2,19,20,21). The molecule has 1 atom stereocenters. The van der Waals surface area contributed by atoms with E-state index in [1.807, 2.05) is 0 Å². The van der Waals surface area contributed by atoms with Gasteiger partial charge in [-0.1, -0.05) is 13.3 Å². The summed E-state index contributed by atoms with van der Waals surface area (Å²) in [5.74, 6) is 1.37. The number of nitrogens with zero attached hydrogens (tertiary/aromatic N) is 2. The van der Waals surface area contributed by atoms with Crippen molar-refractivity contribution in [1.29, 1.82) is 0 Å². The van der Waals surface area contributed by atoms with Gasteiger partial charge < -0.3 is 25.4 Å². The van der Waals surface area contributed by atoms with Gasteiger partial charge in [0.05, 0.1) is 6.54 Å². The summed E-state index contributed by atoms with van der Waals surface area (Å²) < 4.78 is 5.53. The van der Waals surface area contributed by atoms with Gasteiger partial charge in [-0.3, -0.25) is 4.99 Å². The summed E-state index contributed by atoms with van der Waals surface area (Å²) in [6.07, 6.45) is 5.16. The van der Waals surface area contributed by atoms with Crippen LogP contribution < -0.4 is 10.6 Å². The third kappa shape index (κ3) is 6.95. The van der Waals surface area contributed by atoms with Crippen molar-refractivity contribution in [2.45, 2.75) is 51.5 Å². The first-order chi connectivity index (χ1) is 11.6. The number of nitrogens with one attached hydrogen (secondary N) is 2. The van der Waals surface area contributed by atoms with Crippen LogP contribution in [0.25, 0.3) is 0 Å². The van der Waals surface area contributed by atoms with Gasteiger partial charge in [0.1, 0.15) is 0 Å². The average molecular weight is 343 g/mol. The van der Waals surface area contributed by atoms with Gasteiger partial charge in [-0.25, -0.2) is 0 Å². The Kier molecular flexibility index (Phi) is 10.3. The zero-order chi connectivity index (χ0) is 17.8. The lowest BCUT2D eigenvalue weighted by molar-refractivity contribution is -0.00255. The third-order valence-corrected chi connectivity index (χ3v) is 5.04. The van der Waals surface area contributed by atoms with Crippen LogP contribution in [-0.4, -0.2) is 75.1 Å². The maximum atomic E-state index is 9.21. The molecule has 3 N–H and O–H groups in total. The molecule has 0 aromatic heterocycles. The quantitative estimate of drug-likeness (QED) is 0.414. The van der Waals surface area contributed by atoms with Gasteiger partial charge in [-0.05, 0) is 52.6 Å². The van der Waals surface area contributed by atoms with Crippen LogP contribution in [0.15, 0.2) is 4.99 Å². The fourth-order valence-corrected chi connectivity index (χ4v) is 3.25. The maximum absolute atomic E-state index is 9.21. The molecule has 0 amide bonds. The van der Waals surface area contributed by atoms with E-state index in [1.54, 1.807) is 0 Å². The first-order valence-electron chi connectivity index (χ1n) is 9.46. The fraction of sp³-hybridized carbons (Fsp3) is 0.944. The average Bonchev–Trinajstić information content (AvgIpc) is 2.58. The van der Waals surface area contributed by atoms with Gasteiger partial charge in [0.15, 0.2) is 5.96 Å². The number of hydrogen-bond donors (Lipinski definition) is 3. The van der Waals surface area contributed by atoms with E-state index in [-0.39, 0.29) is 12.1 Å². The van der Waals surface area contributed by atoms with Gasteiger partial charge in [-0.2, -0.15) is 0 Å². The molecule has 142 valence electrons. The minimum atomic E-state index is 0.0918. The smallest absolute Gasteiger partial charge is 0.191 e. The highest BCUT2D eigenvalue weighted by Crippen LogP contribution is 2.26. The number of aliphatic hydroxyl groups is 1. The van der Waals surface area contributed by atoms with Crippen molar-refractivity contribution in [3.05, 3.63) is 0 Å². The number of ether oxygens (including phenoxy) is 1. The Morgan fingerprint density at radius 2 is 1.92 bits per heavy atom. The Morgan fingerprint density at radius 1 is 1.21 bits per heavy atom. The first kappa shape index (κ1) is 21.2. The number of aliphatic hydroxyl groups excluding tert-OH is 1. The van der Waals surface area contributed by atoms with Gasteiger partial charge in [0, 0.05) is 38.4 Å². The predicted molar refractivity (Wildman–Crippen MR) is 101 cm³/mol. The summed E-state index contributed by atoms with van der Waals surface area (Å²) in [6, 6.07) is 0. The van der Waals surface area contributed by atoms with Crippen LogP contribution in [0.3, 0.4) is 0 Å². The highest BCUT2D eigenvalue weighted by molar-refractivity contribution is 5.79. The molecule has 1 heterocycles. The lowest BCUT2D eigenvalue weighted by Crippen LogP contribution is -2.52. The number of hydrogen-bond acceptors (Lipinski definition) is 4. The van der Waals surface area contributed by atoms with Crippen molar-refractivity contribution in [1.82, 2.24) is 15.5 Å². The van der Waals surface area contributed by atoms with Crippen LogP contribution in [0.5, 0.6) is 0 Å². The predicted octanol–water partition coefficient (Wildman–Crippen LogP) is 1.45. The molecule has 1 aliphatic rings. The molecule has 6 nitrogen and oxygen atoms in total. The second kappa shape index (κ2) is 11.7. The van der Waals surface area contributed by atoms with Crippen molar-refractivity contribution >= 4 is 5.96 Å². The third-order valence-electron chi connectivity index (χ3n) is 5.04. The summed E-state index contributed by atoms with van der Waals surface area (Å²) >= 11 is 0. The zero-order valence-corrected chi connectivity index (χ0v) is 16.1. The highest BCUT2D eigenvalue weighted by Gasteiger charge is 2.34. The van der Waals surface area contributed by atoms with Crippen LogP contribution in [0.2, 0.25) is 0 Å². The molecule has 1 unspecified atom stereocenters. The highest BCUT2D eigenvalue weighted by atomic mass is 16.5. The molecule has 0 spiro atoms. The Balaban J connectivity index is 2.65. The fourth-order valence-electron chi connectivity index (χ4n) is 3.25. The Bertz CT molecular complexity index is 349. The molecule has 24 heavy (non-hydrogen) atoms. The van der Waals surface area contributed by atoms with Crippen LogP contribution in [0.1, 0.15) is 46.0 Å². The second-order valence-electron chi connectivity index (χ2n) is 6.97. The maximum Gasteiger partial charge on any atom is 0.191 e. The SMILES string of the molecule is CCCC(CCO)CNC(=NCC1(N(C)C)CCOCC1)NCC. The summed E-state index contributed by atoms with van der Waals surface area (Å²) in [7, 11) is 4.28. The molecule has 0 aromatic carbocycles. The summed E-state index contributed by atoms with van der Waals surface area (Å²) in [6.45, 7) is 8.64. The first-order valence-corrected chi connectivity index (χ1v) is 9.46. The Labute approximate surface area is 148 Å². The molecule has 0 radical (unpaired) electrons. The van der Waals surface area contributed by atoms with Gasteiger partial charge in [0.25, 0.3) is 0 Å². The molecule has 1 rings (SSSR count). The molecule has 0 bridgehead atoms. The molecule has 0 aromatic rings. The number of rotatable bonds is 10. The molecule has 0 saturated carbocycles. The van der Waals surface area contributed by atoms with Crippen LogP contribution in [0, 0.1) is 5.92 Å². The minimum Gasteiger partial charge on any atom is -0.396 e.